The minimum Gasteiger partial charge on any atom is -0.496 e. The van der Waals surface area contributed by atoms with E-state index >= 15 is 0 Å². The summed E-state index contributed by atoms with van der Waals surface area (Å²) < 4.78 is 5.58. The molecule has 1 atom stereocenters. The molecule has 2 nitrogen and oxygen atoms in total. The average Bonchev–Trinajstić information content (AvgIpc) is 2.42. The smallest absolute Gasteiger partial charge is 0.127 e. The van der Waals surface area contributed by atoms with Crippen molar-refractivity contribution in [3.05, 3.63) is 63.7 Å². The molecule has 0 spiro atoms. The van der Waals surface area contributed by atoms with Crippen LogP contribution in [0.15, 0.2) is 36.4 Å². The van der Waals surface area contributed by atoms with Gasteiger partial charge in [-0.1, -0.05) is 35.9 Å². The lowest BCUT2D eigenvalue weighted by molar-refractivity contribution is 0.395. The molecule has 2 rings (SSSR count). The average molecular weight is 290 g/mol. The second kappa shape index (κ2) is 5.47. The zero-order chi connectivity index (χ0) is 14.9. The van der Waals surface area contributed by atoms with Crippen molar-refractivity contribution in [3.8, 4) is 5.75 Å². The lowest BCUT2D eigenvalue weighted by atomic mass is 9.83. The van der Waals surface area contributed by atoms with Gasteiger partial charge in [-0.25, -0.2) is 0 Å². The van der Waals surface area contributed by atoms with Gasteiger partial charge in [-0.3, -0.25) is 0 Å². The lowest BCUT2D eigenvalue weighted by Gasteiger charge is -2.29. The maximum Gasteiger partial charge on any atom is 0.127 e. The zero-order valence-electron chi connectivity index (χ0n) is 12.3. The molecule has 0 aliphatic heterocycles. The number of nitrogens with two attached hydrogens (primary N) is 1. The molecule has 1 unspecified atom stereocenters. The maximum atomic E-state index is 6.58. The molecule has 20 heavy (non-hydrogen) atoms. The largest absolute Gasteiger partial charge is 0.496 e. The van der Waals surface area contributed by atoms with Crippen molar-refractivity contribution in [1.29, 1.82) is 0 Å². The van der Waals surface area contributed by atoms with Crippen LogP contribution in [0.5, 0.6) is 5.75 Å². The Balaban J connectivity index is 2.59. The first-order chi connectivity index (χ1) is 9.37. The fourth-order valence-electron chi connectivity index (χ4n) is 2.41. The molecule has 2 N–H and O–H groups in total. The predicted octanol–water partition coefficient (Wildman–Crippen LogP) is 4.19. The Hall–Kier alpha value is -1.51. The summed E-state index contributed by atoms with van der Waals surface area (Å²) >= 11 is 5.95. The first-order valence-electron chi connectivity index (χ1n) is 6.57. The first-order valence-corrected chi connectivity index (χ1v) is 6.95. The third kappa shape index (κ3) is 2.54. The van der Waals surface area contributed by atoms with Crippen molar-refractivity contribution in [2.24, 2.45) is 5.73 Å². The van der Waals surface area contributed by atoms with Gasteiger partial charge < -0.3 is 10.5 Å². The van der Waals surface area contributed by atoms with Gasteiger partial charge in [-0.15, -0.1) is 0 Å². The summed E-state index contributed by atoms with van der Waals surface area (Å²) in [5.41, 5.74) is 10.2. The molecule has 0 saturated heterocycles. The quantitative estimate of drug-likeness (QED) is 0.919. The standard InChI is InChI=1S/C17H20ClNO/c1-11-5-10-15(16(20-4)12(11)2)17(3,19)13-6-8-14(18)9-7-13/h5-10H,19H2,1-4H3. The monoisotopic (exact) mass is 289 g/mol. The second-order valence-corrected chi connectivity index (χ2v) is 5.73. The van der Waals surface area contributed by atoms with E-state index in [-0.39, 0.29) is 0 Å². The van der Waals surface area contributed by atoms with Gasteiger partial charge in [0.05, 0.1) is 12.6 Å². The summed E-state index contributed by atoms with van der Waals surface area (Å²) in [4.78, 5) is 0. The van der Waals surface area contributed by atoms with Crippen LogP contribution in [0, 0.1) is 13.8 Å². The molecule has 0 saturated carbocycles. The highest BCUT2D eigenvalue weighted by Gasteiger charge is 2.28. The van der Waals surface area contributed by atoms with Crippen molar-refractivity contribution in [2.75, 3.05) is 7.11 Å². The summed E-state index contributed by atoms with van der Waals surface area (Å²) in [7, 11) is 1.68. The summed E-state index contributed by atoms with van der Waals surface area (Å²) in [5.74, 6) is 0.852. The normalized spacial score (nSPS) is 13.9. The van der Waals surface area contributed by atoms with E-state index in [1.54, 1.807) is 7.11 Å². The van der Waals surface area contributed by atoms with E-state index in [1.165, 1.54) is 5.56 Å². The number of hydrogen-bond donors (Lipinski definition) is 1. The van der Waals surface area contributed by atoms with E-state index in [1.807, 2.05) is 37.3 Å². The Morgan fingerprint density at radius 1 is 1.05 bits per heavy atom. The second-order valence-electron chi connectivity index (χ2n) is 5.30. The summed E-state index contributed by atoms with van der Waals surface area (Å²) in [5, 5.41) is 0.705. The van der Waals surface area contributed by atoms with Gasteiger partial charge in [-0.05, 0) is 49.6 Å². The molecule has 106 valence electrons. The van der Waals surface area contributed by atoms with Crippen molar-refractivity contribution in [3.63, 3.8) is 0 Å². The number of rotatable bonds is 3. The van der Waals surface area contributed by atoms with Crippen LogP contribution in [0.1, 0.15) is 29.2 Å². The van der Waals surface area contributed by atoms with Crippen molar-refractivity contribution in [2.45, 2.75) is 26.3 Å². The molecular formula is C17H20ClNO. The van der Waals surface area contributed by atoms with Crippen LogP contribution in [0.4, 0.5) is 0 Å². The molecule has 0 aliphatic carbocycles. The van der Waals surface area contributed by atoms with Gasteiger partial charge in [0, 0.05) is 10.6 Å². The van der Waals surface area contributed by atoms with E-state index in [2.05, 4.69) is 19.9 Å². The fraction of sp³-hybridized carbons (Fsp3) is 0.294. The van der Waals surface area contributed by atoms with Gasteiger partial charge in [0.1, 0.15) is 5.75 Å². The van der Waals surface area contributed by atoms with Gasteiger partial charge >= 0.3 is 0 Å². The molecule has 2 aromatic rings. The summed E-state index contributed by atoms with van der Waals surface area (Å²) in [6.07, 6.45) is 0. The number of aryl methyl sites for hydroxylation is 1. The molecule has 0 amide bonds. The Kier molecular flexibility index (Phi) is 4.07. The number of ether oxygens (including phenoxy) is 1. The Morgan fingerprint density at radius 2 is 1.65 bits per heavy atom. The Labute approximate surface area is 125 Å². The van der Waals surface area contributed by atoms with Gasteiger partial charge in [0.15, 0.2) is 0 Å². The topological polar surface area (TPSA) is 35.2 Å². The zero-order valence-corrected chi connectivity index (χ0v) is 13.1. The van der Waals surface area contributed by atoms with Gasteiger partial charge in [0.25, 0.3) is 0 Å². The van der Waals surface area contributed by atoms with E-state index < -0.39 is 5.54 Å². The molecule has 0 aromatic heterocycles. The van der Waals surface area contributed by atoms with E-state index in [4.69, 9.17) is 22.1 Å². The van der Waals surface area contributed by atoms with Crippen LogP contribution in [0.25, 0.3) is 0 Å². The predicted molar refractivity (Wildman–Crippen MR) is 84.6 cm³/mol. The minimum absolute atomic E-state index is 0.631. The summed E-state index contributed by atoms with van der Waals surface area (Å²) in [6, 6.07) is 11.7. The molecule has 0 fully saturated rings. The van der Waals surface area contributed by atoms with E-state index in [0.717, 1.165) is 22.4 Å². The van der Waals surface area contributed by atoms with Crippen LogP contribution in [-0.4, -0.2) is 7.11 Å². The molecule has 0 aliphatic rings. The molecule has 0 heterocycles. The number of benzene rings is 2. The van der Waals surface area contributed by atoms with Crippen LogP contribution in [0.3, 0.4) is 0 Å². The highest BCUT2D eigenvalue weighted by molar-refractivity contribution is 6.30. The minimum atomic E-state index is -0.631. The molecular weight excluding hydrogens is 270 g/mol. The van der Waals surface area contributed by atoms with E-state index in [9.17, 15) is 0 Å². The third-order valence-electron chi connectivity index (χ3n) is 3.88. The molecule has 3 heteroatoms. The number of hydrogen-bond acceptors (Lipinski definition) is 2. The number of methoxy groups -OCH3 is 1. The highest BCUT2D eigenvalue weighted by atomic mass is 35.5. The Bertz CT molecular complexity index is 618. The van der Waals surface area contributed by atoms with Crippen molar-refractivity contribution in [1.82, 2.24) is 0 Å². The Morgan fingerprint density at radius 3 is 2.20 bits per heavy atom. The SMILES string of the molecule is COc1c(C(C)(N)c2ccc(Cl)cc2)ccc(C)c1C. The molecule has 2 aromatic carbocycles. The number of halogens is 1. The highest BCUT2D eigenvalue weighted by Crippen LogP contribution is 2.36. The van der Waals surface area contributed by atoms with Crippen LogP contribution in [0.2, 0.25) is 5.02 Å². The van der Waals surface area contributed by atoms with E-state index in [0.29, 0.717) is 5.02 Å². The van der Waals surface area contributed by atoms with Crippen molar-refractivity contribution < 1.29 is 4.74 Å². The van der Waals surface area contributed by atoms with Crippen LogP contribution < -0.4 is 10.5 Å². The van der Waals surface area contributed by atoms with Crippen LogP contribution >= 0.6 is 11.6 Å². The first kappa shape index (κ1) is 14.9. The van der Waals surface area contributed by atoms with Crippen LogP contribution in [-0.2, 0) is 5.54 Å². The fourth-order valence-corrected chi connectivity index (χ4v) is 2.54. The molecule has 0 radical (unpaired) electrons. The summed E-state index contributed by atoms with van der Waals surface area (Å²) in [6.45, 7) is 6.11. The lowest BCUT2D eigenvalue weighted by Crippen LogP contribution is -2.35. The molecule has 0 bridgehead atoms. The van der Waals surface area contributed by atoms with Gasteiger partial charge in [0.2, 0.25) is 0 Å². The van der Waals surface area contributed by atoms with Gasteiger partial charge in [-0.2, -0.15) is 0 Å². The third-order valence-corrected chi connectivity index (χ3v) is 4.14. The maximum absolute atomic E-state index is 6.58. The van der Waals surface area contributed by atoms with Crippen molar-refractivity contribution >= 4 is 11.6 Å².